The van der Waals surface area contributed by atoms with Gasteiger partial charge in [0.2, 0.25) is 0 Å². The number of hydrogen-bond donors (Lipinski definition) is 0. The Bertz CT molecular complexity index is 1120. The van der Waals surface area contributed by atoms with Gasteiger partial charge in [-0.1, -0.05) is 0 Å². The van der Waals surface area contributed by atoms with Gasteiger partial charge in [-0.25, -0.2) is 0 Å². The first-order valence-corrected chi connectivity index (χ1v) is 11.0. The number of fused-ring (bicyclic) bond motifs is 3. The number of benzene rings is 2. The highest BCUT2D eigenvalue weighted by atomic mass is 16.5. The van der Waals surface area contributed by atoms with Gasteiger partial charge in [0, 0.05) is 31.6 Å². The molecule has 3 heterocycles. The van der Waals surface area contributed by atoms with Gasteiger partial charge in [-0.15, -0.1) is 0 Å². The number of ether oxygens (including phenoxy) is 2. The Labute approximate surface area is 176 Å². The van der Waals surface area contributed by atoms with Crippen molar-refractivity contribution in [2.24, 2.45) is 7.05 Å². The third-order valence-corrected chi connectivity index (χ3v) is 6.40. The minimum absolute atomic E-state index is 0.0107. The molecule has 2 fully saturated rings. The summed E-state index contributed by atoms with van der Waals surface area (Å²) in [6.07, 6.45) is 2.57. The second-order valence-corrected chi connectivity index (χ2v) is 8.34. The molecule has 0 atom stereocenters. The number of hydrogen-bond acceptors (Lipinski definition) is 5. The molecule has 30 heavy (non-hydrogen) atoms. The fraction of sp³-hybridized carbons (Fsp3) is 0.458. The molecule has 0 saturated carbocycles. The van der Waals surface area contributed by atoms with Crippen LogP contribution in [0.2, 0.25) is 0 Å². The molecule has 2 aliphatic heterocycles. The summed E-state index contributed by atoms with van der Waals surface area (Å²) >= 11 is 0. The Balaban J connectivity index is 1.38. The van der Waals surface area contributed by atoms with Gasteiger partial charge in [0.05, 0.1) is 10.9 Å². The van der Waals surface area contributed by atoms with Gasteiger partial charge in [-0.2, -0.15) is 0 Å². The van der Waals surface area contributed by atoms with Gasteiger partial charge in [-0.05, 0) is 74.7 Å². The first-order valence-electron chi connectivity index (χ1n) is 11.0. The lowest BCUT2D eigenvalue weighted by molar-refractivity contribution is 0.147. The average molecular weight is 408 g/mol. The van der Waals surface area contributed by atoms with Crippen LogP contribution in [-0.4, -0.2) is 66.8 Å². The molecule has 0 amide bonds. The SMILES string of the molecule is Cn1c(=O)c2cc(OCCN3CCC3)ccc2c2ccc(OCCN3CCC3)cc21. The molecular formula is C24H29N3O3. The largest absolute Gasteiger partial charge is 0.492 e. The van der Waals surface area contributed by atoms with E-state index in [1.165, 1.54) is 25.9 Å². The predicted molar refractivity (Wildman–Crippen MR) is 120 cm³/mol. The van der Waals surface area contributed by atoms with Crippen LogP contribution in [0, 0.1) is 0 Å². The molecule has 2 aromatic carbocycles. The Morgan fingerprint density at radius 3 is 1.90 bits per heavy atom. The molecule has 2 aliphatic rings. The van der Waals surface area contributed by atoms with E-state index in [9.17, 15) is 4.79 Å². The zero-order valence-corrected chi connectivity index (χ0v) is 17.6. The molecule has 0 N–H and O–H groups in total. The minimum Gasteiger partial charge on any atom is -0.492 e. The molecular weight excluding hydrogens is 378 g/mol. The van der Waals surface area contributed by atoms with Crippen molar-refractivity contribution in [2.45, 2.75) is 12.8 Å². The van der Waals surface area contributed by atoms with Crippen molar-refractivity contribution >= 4 is 21.7 Å². The van der Waals surface area contributed by atoms with Crippen molar-refractivity contribution in [2.75, 3.05) is 52.5 Å². The first kappa shape index (κ1) is 19.4. The van der Waals surface area contributed by atoms with Crippen LogP contribution >= 0.6 is 0 Å². The molecule has 3 aromatic rings. The van der Waals surface area contributed by atoms with Gasteiger partial charge < -0.3 is 14.0 Å². The molecule has 1 aromatic heterocycles. The Morgan fingerprint density at radius 1 is 0.767 bits per heavy atom. The third kappa shape index (κ3) is 3.77. The number of nitrogens with zero attached hydrogens (tertiary/aromatic N) is 3. The van der Waals surface area contributed by atoms with E-state index in [0.29, 0.717) is 18.6 Å². The summed E-state index contributed by atoms with van der Waals surface area (Å²) in [6, 6.07) is 11.9. The molecule has 2 saturated heterocycles. The summed E-state index contributed by atoms with van der Waals surface area (Å²) in [5.41, 5.74) is 0.879. The maximum atomic E-state index is 13.0. The van der Waals surface area contributed by atoms with E-state index in [4.69, 9.17) is 9.47 Å². The standard InChI is InChI=1S/C24H29N3O3/c1-25-23-17-19(30-15-13-27-10-3-11-27)5-7-21(23)20-6-4-18(16-22(20)24(25)28)29-14-12-26-8-2-9-26/h4-7,16-17H,2-3,8-15H2,1H3. The highest BCUT2D eigenvalue weighted by molar-refractivity contribution is 6.06. The Kier molecular flexibility index (Phi) is 5.35. The van der Waals surface area contributed by atoms with Crippen molar-refractivity contribution < 1.29 is 9.47 Å². The number of aromatic nitrogens is 1. The van der Waals surface area contributed by atoms with Crippen LogP contribution in [0.3, 0.4) is 0 Å². The highest BCUT2D eigenvalue weighted by Crippen LogP contribution is 2.28. The van der Waals surface area contributed by atoms with Crippen LogP contribution in [0.1, 0.15) is 12.8 Å². The fourth-order valence-electron chi connectivity index (χ4n) is 4.22. The second kappa shape index (κ2) is 8.28. The fourth-order valence-corrected chi connectivity index (χ4v) is 4.22. The molecule has 5 rings (SSSR count). The first-order chi connectivity index (χ1) is 14.7. The molecule has 0 bridgehead atoms. The lowest BCUT2D eigenvalue weighted by atomic mass is 10.1. The topological polar surface area (TPSA) is 46.9 Å². The lowest BCUT2D eigenvalue weighted by Gasteiger charge is -2.30. The number of aryl methyl sites for hydroxylation is 1. The monoisotopic (exact) mass is 407 g/mol. The normalized spacial score (nSPS) is 17.1. The number of rotatable bonds is 8. The highest BCUT2D eigenvalue weighted by Gasteiger charge is 2.15. The summed E-state index contributed by atoms with van der Waals surface area (Å²) in [5.74, 6) is 1.56. The van der Waals surface area contributed by atoms with Gasteiger partial charge in [0.1, 0.15) is 24.7 Å². The van der Waals surface area contributed by atoms with Gasteiger partial charge >= 0.3 is 0 Å². The zero-order chi connectivity index (χ0) is 20.5. The van der Waals surface area contributed by atoms with Crippen molar-refractivity contribution in [1.82, 2.24) is 14.4 Å². The van der Waals surface area contributed by atoms with Gasteiger partial charge in [0.15, 0.2) is 0 Å². The van der Waals surface area contributed by atoms with E-state index in [2.05, 4.69) is 15.9 Å². The zero-order valence-electron chi connectivity index (χ0n) is 17.6. The van der Waals surface area contributed by atoms with Crippen LogP contribution in [-0.2, 0) is 7.05 Å². The van der Waals surface area contributed by atoms with E-state index < -0.39 is 0 Å². The molecule has 158 valence electrons. The predicted octanol–water partition coefficient (Wildman–Crippen LogP) is 2.86. The Hall–Kier alpha value is -2.57. The molecule has 6 heteroatoms. The van der Waals surface area contributed by atoms with Crippen LogP contribution in [0.4, 0.5) is 0 Å². The summed E-state index contributed by atoms with van der Waals surface area (Å²) in [5, 5.41) is 2.70. The smallest absolute Gasteiger partial charge is 0.258 e. The van der Waals surface area contributed by atoms with Crippen LogP contribution < -0.4 is 15.0 Å². The maximum absolute atomic E-state index is 13.0. The molecule has 0 spiro atoms. The van der Waals surface area contributed by atoms with Crippen LogP contribution in [0.15, 0.2) is 41.2 Å². The van der Waals surface area contributed by atoms with Crippen molar-refractivity contribution in [1.29, 1.82) is 0 Å². The third-order valence-electron chi connectivity index (χ3n) is 6.40. The van der Waals surface area contributed by atoms with E-state index >= 15 is 0 Å². The molecule has 6 nitrogen and oxygen atoms in total. The summed E-state index contributed by atoms with van der Waals surface area (Å²) < 4.78 is 13.6. The van der Waals surface area contributed by atoms with E-state index in [1.807, 2.05) is 37.4 Å². The second-order valence-electron chi connectivity index (χ2n) is 8.34. The molecule has 0 aliphatic carbocycles. The van der Waals surface area contributed by atoms with E-state index in [-0.39, 0.29) is 5.56 Å². The summed E-state index contributed by atoms with van der Waals surface area (Å²) in [6.45, 7) is 7.89. The van der Waals surface area contributed by atoms with E-state index in [1.54, 1.807) is 4.57 Å². The minimum atomic E-state index is -0.0107. The number of pyridine rings is 1. The molecule has 0 radical (unpaired) electrons. The van der Waals surface area contributed by atoms with Crippen molar-refractivity contribution in [3.05, 3.63) is 46.8 Å². The van der Waals surface area contributed by atoms with Gasteiger partial charge in [-0.3, -0.25) is 14.6 Å². The molecule has 0 unspecified atom stereocenters. The lowest BCUT2D eigenvalue weighted by Crippen LogP contribution is -2.39. The summed E-state index contributed by atoms with van der Waals surface area (Å²) in [7, 11) is 1.82. The average Bonchev–Trinajstić information content (AvgIpc) is 2.69. The van der Waals surface area contributed by atoms with Crippen LogP contribution in [0.5, 0.6) is 11.5 Å². The van der Waals surface area contributed by atoms with Crippen molar-refractivity contribution in [3.63, 3.8) is 0 Å². The van der Waals surface area contributed by atoms with Crippen LogP contribution in [0.25, 0.3) is 21.7 Å². The van der Waals surface area contributed by atoms with Gasteiger partial charge in [0.25, 0.3) is 5.56 Å². The quantitative estimate of drug-likeness (QED) is 0.538. The van der Waals surface area contributed by atoms with Crippen molar-refractivity contribution in [3.8, 4) is 11.5 Å². The Morgan fingerprint density at radius 2 is 1.33 bits per heavy atom. The number of likely N-dealkylation sites (tertiary alicyclic amines) is 2. The van der Waals surface area contributed by atoms with E-state index in [0.717, 1.165) is 54.0 Å². The maximum Gasteiger partial charge on any atom is 0.258 e. The summed E-state index contributed by atoms with van der Waals surface area (Å²) in [4.78, 5) is 17.8.